The third-order valence-electron chi connectivity index (χ3n) is 3.33. The molecule has 6 heteroatoms. The summed E-state index contributed by atoms with van der Waals surface area (Å²) in [6.45, 7) is 0.377. The smallest absolute Gasteiger partial charge is 0.248 e. The molecule has 0 aromatic carbocycles. The molecule has 0 radical (unpaired) electrons. The average Bonchev–Trinajstić information content (AvgIpc) is 2.66. The number of aromatic nitrogens is 1. The third-order valence-corrected chi connectivity index (χ3v) is 4.69. The Morgan fingerprint density at radius 1 is 1.38 bits per heavy atom. The van der Waals surface area contributed by atoms with Crippen molar-refractivity contribution >= 4 is 22.9 Å². The fraction of sp³-hybridized carbons (Fsp3) is 0.700. The Morgan fingerprint density at radius 3 is 2.44 bits per heavy atom. The first-order chi connectivity index (χ1) is 7.47. The largest absolute Gasteiger partial charge is 0.330 e. The lowest BCUT2D eigenvalue weighted by atomic mass is 9.72. The van der Waals surface area contributed by atoms with E-state index in [1.165, 1.54) is 11.3 Å². The SMILES string of the molecule is NCC1(c2cnc(Cl)s2)CCC(F)(F)CC1. The van der Waals surface area contributed by atoms with E-state index >= 15 is 0 Å². The van der Waals surface area contributed by atoms with Gasteiger partial charge in [-0.2, -0.15) is 0 Å². The molecule has 1 aliphatic carbocycles. The van der Waals surface area contributed by atoms with Crippen molar-refractivity contribution in [2.75, 3.05) is 6.54 Å². The van der Waals surface area contributed by atoms with Crippen LogP contribution in [0.4, 0.5) is 8.78 Å². The number of hydrogen-bond donors (Lipinski definition) is 1. The molecule has 2 N–H and O–H groups in total. The van der Waals surface area contributed by atoms with Gasteiger partial charge in [0.25, 0.3) is 0 Å². The van der Waals surface area contributed by atoms with Crippen LogP contribution in [0.2, 0.25) is 4.47 Å². The molecule has 1 fully saturated rings. The number of halogens is 3. The van der Waals surface area contributed by atoms with Crippen LogP contribution in [0.3, 0.4) is 0 Å². The fourth-order valence-electron chi connectivity index (χ4n) is 2.14. The Labute approximate surface area is 102 Å². The fourth-order valence-corrected chi connectivity index (χ4v) is 3.34. The normalized spacial score (nSPS) is 23.2. The second-order valence-corrected chi connectivity index (χ2v) is 5.93. The quantitative estimate of drug-likeness (QED) is 0.893. The minimum atomic E-state index is -2.53. The van der Waals surface area contributed by atoms with Crippen molar-refractivity contribution in [2.24, 2.45) is 5.73 Å². The van der Waals surface area contributed by atoms with E-state index in [1.54, 1.807) is 6.20 Å². The Balaban J connectivity index is 2.22. The van der Waals surface area contributed by atoms with Gasteiger partial charge in [0, 0.05) is 35.9 Å². The molecule has 90 valence electrons. The molecular weight excluding hydrogens is 254 g/mol. The van der Waals surface area contributed by atoms with E-state index in [2.05, 4.69) is 4.98 Å². The molecule has 0 unspecified atom stereocenters. The van der Waals surface area contributed by atoms with Crippen LogP contribution in [0.1, 0.15) is 30.6 Å². The van der Waals surface area contributed by atoms with Crippen LogP contribution in [0.15, 0.2) is 6.20 Å². The molecule has 0 saturated heterocycles. The number of nitrogens with two attached hydrogens (primary N) is 1. The lowest BCUT2D eigenvalue weighted by Gasteiger charge is -2.38. The molecule has 1 aromatic heterocycles. The minimum absolute atomic E-state index is 0.0975. The maximum Gasteiger partial charge on any atom is 0.248 e. The molecule has 1 aliphatic rings. The molecule has 1 saturated carbocycles. The summed E-state index contributed by atoms with van der Waals surface area (Å²) in [7, 11) is 0. The van der Waals surface area contributed by atoms with Gasteiger partial charge in [-0.05, 0) is 12.8 Å². The van der Waals surface area contributed by atoms with E-state index in [1.807, 2.05) is 0 Å². The molecule has 2 rings (SSSR count). The highest BCUT2D eigenvalue weighted by molar-refractivity contribution is 7.15. The number of hydrogen-bond acceptors (Lipinski definition) is 3. The standard InChI is InChI=1S/C10H13ClF2N2S/c11-8-15-5-7(16-8)9(6-14)1-3-10(12,13)4-2-9/h5H,1-4,6,14H2. The first-order valence-corrected chi connectivity index (χ1v) is 6.37. The van der Waals surface area contributed by atoms with Gasteiger partial charge in [-0.15, -0.1) is 11.3 Å². The van der Waals surface area contributed by atoms with Crippen LogP contribution >= 0.6 is 22.9 Å². The minimum Gasteiger partial charge on any atom is -0.330 e. The second kappa shape index (κ2) is 4.20. The molecule has 0 spiro atoms. The van der Waals surface area contributed by atoms with Crippen molar-refractivity contribution in [3.05, 3.63) is 15.5 Å². The van der Waals surface area contributed by atoms with E-state index in [-0.39, 0.29) is 18.3 Å². The summed E-state index contributed by atoms with van der Waals surface area (Å²) in [6.07, 6.45) is 2.30. The molecular formula is C10H13ClF2N2S. The highest BCUT2D eigenvalue weighted by Crippen LogP contribution is 2.46. The summed E-state index contributed by atoms with van der Waals surface area (Å²) < 4.78 is 26.7. The summed E-state index contributed by atoms with van der Waals surface area (Å²) >= 11 is 7.12. The number of alkyl halides is 2. The Kier molecular flexibility index (Phi) is 3.20. The molecule has 2 nitrogen and oxygen atoms in total. The first kappa shape index (κ1) is 12.2. The van der Waals surface area contributed by atoms with Crippen molar-refractivity contribution in [3.8, 4) is 0 Å². The van der Waals surface area contributed by atoms with Crippen LogP contribution in [-0.2, 0) is 5.41 Å². The lowest BCUT2D eigenvalue weighted by molar-refractivity contribution is -0.0505. The van der Waals surface area contributed by atoms with Gasteiger partial charge >= 0.3 is 0 Å². The van der Waals surface area contributed by atoms with Gasteiger partial charge in [-0.3, -0.25) is 0 Å². The second-order valence-electron chi connectivity index (χ2n) is 4.32. The molecule has 16 heavy (non-hydrogen) atoms. The summed E-state index contributed by atoms with van der Waals surface area (Å²) in [6, 6.07) is 0. The van der Waals surface area contributed by atoms with Crippen LogP contribution in [0.5, 0.6) is 0 Å². The highest BCUT2D eigenvalue weighted by atomic mass is 35.5. The van der Waals surface area contributed by atoms with Gasteiger partial charge in [-0.25, -0.2) is 13.8 Å². The van der Waals surface area contributed by atoms with Gasteiger partial charge < -0.3 is 5.73 Å². The predicted molar refractivity (Wildman–Crippen MR) is 61.3 cm³/mol. The number of thiazole rings is 1. The monoisotopic (exact) mass is 266 g/mol. The predicted octanol–water partition coefficient (Wildman–Crippen LogP) is 3.20. The van der Waals surface area contributed by atoms with Crippen molar-refractivity contribution in [1.82, 2.24) is 4.98 Å². The summed E-state index contributed by atoms with van der Waals surface area (Å²) in [5.41, 5.74) is 5.42. The van der Waals surface area contributed by atoms with E-state index in [4.69, 9.17) is 17.3 Å². The van der Waals surface area contributed by atoms with Gasteiger partial charge in [0.1, 0.15) is 0 Å². The van der Waals surface area contributed by atoms with Crippen LogP contribution < -0.4 is 5.73 Å². The first-order valence-electron chi connectivity index (χ1n) is 5.17. The zero-order chi connectivity index (χ0) is 11.8. The Morgan fingerprint density at radius 2 is 2.00 bits per heavy atom. The Hall–Kier alpha value is -0.260. The van der Waals surface area contributed by atoms with Crippen molar-refractivity contribution in [3.63, 3.8) is 0 Å². The highest BCUT2D eigenvalue weighted by Gasteiger charge is 2.44. The van der Waals surface area contributed by atoms with E-state index < -0.39 is 5.92 Å². The van der Waals surface area contributed by atoms with Gasteiger partial charge in [0.2, 0.25) is 5.92 Å². The van der Waals surface area contributed by atoms with Crippen LogP contribution in [-0.4, -0.2) is 17.5 Å². The van der Waals surface area contributed by atoms with Crippen molar-refractivity contribution in [2.45, 2.75) is 37.0 Å². The topological polar surface area (TPSA) is 38.9 Å². The molecule has 1 aromatic rings. The van der Waals surface area contributed by atoms with E-state index in [0.717, 1.165) is 4.88 Å². The molecule has 0 atom stereocenters. The zero-order valence-corrected chi connectivity index (χ0v) is 10.3. The summed E-state index contributed by atoms with van der Waals surface area (Å²) in [5, 5.41) is 0. The lowest BCUT2D eigenvalue weighted by Crippen LogP contribution is -2.41. The molecule has 0 amide bonds. The number of nitrogens with zero attached hydrogens (tertiary/aromatic N) is 1. The van der Waals surface area contributed by atoms with Gasteiger partial charge in [0.15, 0.2) is 4.47 Å². The maximum atomic E-state index is 13.1. The van der Waals surface area contributed by atoms with Crippen LogP contribution in [0.25, 0.3) is 0 Å². The summed E-state index contributed by atoms with van der Waals surface area (Å²) in [4.78, 5) is 4.90. The van der Waals surface area contributed by atoms with Gasteiger partial charge in [0.05, 0.1) is 0 Å². The van der Waals surface area contributed by atoms with Crippen LogP contribution in [0, 0.1) is 0 Å². The van der Waals surface area contributed by atoms with Crippen molar-refractivity contribution in [1.29, 1.82) is 0 Å². The van der Waals surface area contributed by atoms with E-state index in [0.29, 0.717) is 23.9 Å². The molecule has 0 aliphatic heterocycles. The van der Waals surface area contributed by atoms with E-state index in [9.17, 15) is 8.78 Å². The Bertz CT molecular complexity index is 371. The average molecular weight is 267 g/mol. The number of rotatable bonds is 2. The molecule has 0 bridgehead atoms. The van der Waals surface area contributed by atoms with Gasteiger partial charge in [-0.1, -0.05) is 11.6 Å². The maximum absolute atomic E-state index is 13.1. The third kappa shape index (κ3) is 2.21. The zero-order valence-electron chi connectivity index (χ0n) is 8.68. The summed E-state index contributed by atoms with van der Waals surface area (Å²) in [5.74, 6) is -2.53. The molecule has 1 heterocycles. The van der Waals surface area contributed by atoms with Crippen molar-refractivity contribution < 1.29 is 8.78 Å².